The summed E-state index contributed by atoms with van der Waals surface area (Å²) in [7, 11) is 0. The number of hydrogen-bond acceptors (Lipinski definition) is 13. The van der Waals surface area contributed by atoms with Crippen molar-refractivity contribution >= 4 is 35.4 Å². The molecule has 0 aromatic carbocycles. The van der Waals surface area contributed by atoms with Crippen molar-refractivity contribution in [2.24, 2.45) is 5.73 Å². The zero-order valence-electron chi connectivity index (χ0n) is 19.9. The van der Waals surface area contributed by atoms with E-state index in [9.17, 15) is 44.1 Å². The third-order valence-electron chi connectivity index (χ3n) is 4.81. The van der Waals surface area contributed by atoms with Crippen molar-refractivity contribution in [2.75, 3.05) is 6.61 Å². The predicted molar refractivity (Wildman–Crippen MR) is 117 cm³/mol. The smallest absolute Gasteiger partial charge is 0.333 e. The van der Waals surface area contributed by atoms with Crippen LogP contribution in [0.1, 0.15) is 37.6 Å². The van der Waals surface area contributed by atoms with Gasteiger partial charge >= 0.3 is 17.9 Å². The number of esters is 1. The SMILES string of the molecule is CC(=O)OC[C@H]1O[C@@H](O)[C@@](O)(C(C)=O)[C@@]1(O)C(C)=O.NC(=O)c1cccnc1.O=C(O)CC(O)C(=O)O. The molecule has 2 heterocycles. The standard InChI is InChI=1S/C11H16O8.C6H6N2O.C4H6O5/c1-5(12)10(16)8(4-18-7(3)14)19-9(15)11(10,17)6(2)13;7-6(9)5-2-1-3-8-4-5;5-2(4(8)9)1-3(6)7/h8-9,15-17H,4H2,1-3H3;1-4H,(H2,7,9);2,5H,1H2,(H,6,7)(H,8,9)/t8-,9-,10-,11+;;/m1../s1. The Morgan fingerprint density at radius 2 is 1.62 bits per heavy atom. The van der Waals surface area contributed by atoms with E-state index in [0.717, 1.165) is 20.8 Å². The molecular weight excluding hydrogens is 504 g/mol. The van der Waals surface area contributed by atoms with Gasteiger partial charge in [-0.2, -0.15) is 0 Å². The van der Waals surface area contributed by atoms with E-state index in [4.69, 9.17) is 25.8 Å². The summed E-state index contributed by atoms with van der Waals surface area (Å²) in [5.41, 5.74) is -0.112. The zero-order valence-corrected chi connectivity index (χ0v) is 19.9. The van der Waals surface area contributed by atoms with Gasteiger partial charge in [0.15, 0.2) is 29.6 Å². The molecule has 37 heavy (non-hydrogen) atoms. The number of ketones is 2. The first kappa shape index (κ1) is 33.2. The van der Waals surface area contributed by atoms with Crippen LogP contribution < -0.4 is 5.73 Å². The third-order valence-corrected chi connectivity index (χ3v) is 4.81. The van der Waals surface area contributed by atoms with Gasteiger partial charge in [0.05, 0.1) is 12.0 Å². The summed E-state index contributed by atoms with van der Waals surface area (Å²) in [4.78, 5) is 67.3. The molecule has 1 unspecified atom stereocenters. The molecule has 1 fully saturated rings. The lowest BCUT2D eigenvalue weighted by atomic mass is 9.75. The number of Topliss-reactive ketones (excluding diaryl/α,β-unsaturated/α-hetero) is 2. The Bertz CT molecular complexity index is 1000. The van der Waals surface area contributed by atoms with Gasteiger partial charge in [-0.1, -0.05) is 0 Å². The summed E-state index contributed by atoms with van der Waals surface area (Å²) in [6.45, 7) is 2.33. The van der Waals surface area contributed by atoms with Gasteiger partial charge in [-0.15, -0.1) is 0 Å². The van der Waals surface area contributed by atoms with E-state index in [2.05, 4.69) is 9.72 Å². The highest BCUT2D eigenvalue weighted by Crippen LogP contribution is 2.40. The maximum absolute atomic E-state index is 11.6. The van der Waals surface area contributed by atoms with E-state index in [0.29, 0.717) is 5.56 Å². The fraction of sp³-hybridized carbons (Fsp3) is 0.476. The summed E-state index contributed by atoms with van der Waals surface area (Å²) in [6, 6.07) is 3.29. The van der Waals surface area contributed by atoms with Crippen molar-refractivity contribution in [3.05, 3.63) is 30.1 Å². The molecule has 0 bridgehead atoms. The number of carbonyl (C=O) groups is 6. The molecule has 1 amide bonds. The Labute approximate surface area is 209 Å². The normalized spacial score (nSPS) is 24.7. The Balaban J connectivity index is 0.000000599. The van der Waals surface area contributed by atoms with Crippen LogP contribution in [0.3, 0.4) is 0 Å². The molecule has 0 saturated carbocycles. The molecule has 1 aliphatic heterocycles. The van der Waals surface area contributed by atoms with E-state index in [1.807, 2.05) is 0 Å². The van der Waals surface area contributed by atoms with E-state index in [1.165, 1.54) is 6.20 Å². The first-order chi connectivity index (χ1) is 16.9. The number of aromatic nitrogens is 1. The molecule has 16 heteroatoms. The van der Waals surface area contributed by atoms with Gasteiger partial charge in [-0.3, -0.25) is 29.0 Å². The molecule has 0 radical (unpaired) electrons. The number of aliphatic hydroxyl groups excluding tert-OH is 2. The second kappa shape index (κ2) is 14.0. The quantitative estimate of drug-likeness (QED) is 0.164. The molecule has 1 aromatic rings. The molecule has 0 spiro atoms. The highest BCUT2D eigenvalue weighted by molar-refractivity contribution is 5.99. The molecule has 5 atom stereocenters. The fourth-order valence-corrected chi connectivity index (χ4v) is 2.84. The Morgan fingerprint density at radius 1 is 1.08 bits per heavy atom. The van der Waals surface area contributed by atoms with Crippen LogP contribution in [0.2, 0.25) is 0 Å². The van der Waals surface area contributed by atoms with E-state index < -0.39 is 78.1 Å². The van der Waals surface area contributed by atoms with Crippen LogP contribution in [0.15, 0.2) is 24.5 Å². The number of nitrogens with zero attached hydrogens (tertiary/aromatic N) is 1. The van der Waals surface area contributed by atoms with Crippen molar-refractivity contribution in [3.8, 4) is 0 Å². The monoisotopic (exact) mass is 532 g/mol. The number of primary amides is 1. The number of carbonyl (C=O) groups excluding carboxylic acids is 4. The first-order valence-corrected chi connectivity index (χ1v) is 10.2. The van der Waals surface area contributed by atoms with Crippen LogP contribution in [-0.2, 0) is 33.4 Å². The average molecular weight is 532 g/mol. The minimum Gasteiger partial charge on any atom is -0.481 e. The van der Waals surface area contributed by atoms with Gasteiger partial charge in [0.2, 0.25) is 11.5 Å². The third kappa shape index (κ3) is 8.65. The number of amides is 1. The van der Waals surface area contributed by atoms with Crippen LogP contribution in [0.25, 0.3) is 0 Å². The van der Waals surface area contributed by atoms with E-state index in [-0.39, 0.29) is 0 Å². The summed E-state index contributed by atoms with van der Waals surface area (Å²) < 4.78 is 9.39. The Morgan fingerprint density at radius 3 is 1.92 bits per heavy atom. The highest BCUT2D eigenvalue weighted by atomic mass is 16.7. The molecule has 206 valence electrons. The van der Waals surface area contributed by atoms with Crippen molar-refractivity contribution in [1.82, 2.24) is 4.98 Å². The molecule has 8 N–H and O–H groups in total. The summed E-state index contributed by atoms with van der Waals surface area (Å²) >= 11 is 0. The maximum atomic E-state index is 11.6. The highest BCUT2D eigenvalue weighted by Gasteiger charge is 2.71. The van der Waals surface area contributed by atoms with Crippen LogP contribution in [0, 0.1) is 0 Å². The number of aliphatic carboxylic acids is 2. The largest absolute Gasteiger partial charge is 0.481 e. The molecule has 2 rings (SSSR count). The number of pyridine rings is 1. The zero-order chi connectivity index (χ0) is 29.1. The lowest BCUT2D eigenvalue weighted by Crippen LogP contribution is -2.67. The second-order valence-corrected chi connectivity index (χ2v) is 7.48. The average Bonchev–Trinajstić information content (AvgIpc) is 3.01. The topological polar surface area (TPSA) is 281 Å². The molecule has 1 saturated heterocycles. The van der Waals surface area contributed by atoms with Crippen molar-refractivity contribution in [2.45, 2.75) is 56.9 Å². The molecule has 16 nitrogen and oxygen atoms in total. The molecular formula is C21H28N2O14. The number of ether oxygens (including phenoxy) is 2. The van der Waals surface area contributed by atoms with E-state index >= 15 is 0 Å². The summed E-state index contributed by atoms with van der Waals surface area (Å²) in [6.07, 6.45) is -3.16. The molecule has 0 aliphatic carbocycles. The lowest BCUT2D eigenvalue weighted by molar-refractivity contribution is -0.197. The van der Waals surface area contributed by atoms with Gasteiger partial charge in [-0.05, 0) is 26.0 Å². The first-order valence-electron chi connectivity index (χ1n) is 10.2. The van der Waals surface area contributed by atoms with E-state index in [1.54, 1.807) is 18.3 Å². The van der Waals surface area contributed by atoms with Crippen LogP contribution in [0.5, 0.6) is 0 Å². The van der Waals surface area contributed by atoms with Gasteiger partial charge in [-0.25, -0.2) is 4.79 Å². The van der Waals surface area contributed by atoms with Gasteiger partial charge in [0, 0.05) is 19.3 Å². The number of hydrogen-bond donors (Lipinski definition) is 7. The van der Waals surface area contributed by atoms with Crippen molar-refractivity contribution in [3.63, 3.8) is 0 Å². The van der Waals surface area contributed by atoms with Gasteiger partial charge in [0.25, 0.3) is 0 Å². The number of carboxylic acid groups (broad SMARTS) is 2. The number of carboxylic acids is 2. The maximum Gasteiger partial charge on any atom is 0.333 e. The number of aliphatic hydroxyl groups is 4. The molecule has 1 aliphatic rings. The van der Waals surface area contributed by atoms with Crippen molar-refractivity contribution in [1.29, 1.82) is 0 Å². The Hall–Kier alpha value is -3.83. The van der Waals surface area contributed by atoms with Gasteiger partial charge in [0.1, 0.15) is 12.7 Å². The minimum absolute atomic E-state index is 0.442. The molecule has 1 aromatic heterocycles. The van der Waals surface area contributed by atoms with Crippen LogP contribution in [0.4, 0.5) is 0 Å². The fourth-order valence-electron chi connectivity index (χ4n) is 2.84. The second-order valence-electron chi connectivity index (χ2n) is 7.48. The minimum atomic E-state index is -2.80. The number of rotatable bonds is 8. The van der Waals surface area contributed by atoms with Crippen molar-refractivity contribution < 1.29 is 68.9 Å². The lowest BCUT2D eigenvalue weighted by Gasteiger charge is -2.35. The predicted octanol–water partition coefficient (Wildman–Crippen LogP) is -3.01. The Kier molecular flexibility index (Phi) is 12.6. The summed E-state index contributed by atoms with van der Waals surface area (Å²) in [5, 5.41) is 54.2. The van der Waals surface area contributed by atoms with Gasteiger partial charge < -0.3 is 45.8 Å². The summed E-state index contributed by atoms with van der Waals surface area (Å²) in [5.74, 6) is -6.02. The number of nitrogens with two attached hydrogens (primary N) is 1. The van der Waals surface area contributed by atoms with Crippen LogP contribution in [-0.4, -0.2) is 107 Å². The van der Waals surface area contributed by atoms with Crippen LogP contribution >= 0.6 is 0 Å².